The highest BCUT2D eigenvalue weighted by Gasteiger charge is 2.29. The van der Waals surface area contributed by atoms with E-state index < -0.39 is 26.9 Å². The minimum atomic E-state index is -3.84. The van der Waals surface area contributed by atoms with E-state index in [1.807, 2.05) is 38.1 Å². The first-order valence-corrected chi connectivity index (χ1v) is 10.6. The van der Waals surface area contributed by atoms with Crippen molar-refractivity contribution in [2.75, 3.05) is 32.1 Å². The fourth-order valence-electron chi connectivity index (χ4n) is 2.67. The first-order valence-electron chi connectivity index (χ1n) is 9.04. The summed E-state index contributed by atoms with van der Waals surface area (Å²) in [5.41, 5.74) is 1.47. The summed E-state index contributed by atoms with van der Waals surface area (Å²) in [5, 5.41) is 4.29. The predicted molar refractivity (Wildman–Crippen MR) is 109 cm³/mol. The smallest absolute Gasteiger partial charge is 0.314 e. The van der Waals surface area contributed by atoms with E-state index in [9.17, 15) is 17.6 Å². The Kier molecular flexibility index (Phi) is 7.39. The van der Waals surface area contributed by atoms with Crippen LogP contribution in [0.4, 0.5) is 14.9 Å². The van der Waals surface area contributed by atoms with E-state index in [1.54, 1.807) is 12.1 Å². The third kappa shape index (κ3) is 5.45. The van der Waals surface area contributed by atoms with Crippen molar-refractivity contribution in [2.24, 2.45) is 0 Å². The van der Waals surface area contributed by atoms with Gasteiger partial charge in [0, 0.05) is 32.9 Å². The lowest BCUT2D eigenvalue weighted by atomic mass is 10.1. The van der Waals surface area contributed by atoms with Gasteiger partial charge < -0.3 is 15.5 Å². The van der Waals surface area contributed by atoms with Gasteiger partial charge in [0.25, 0.3) is 0 Å². The molecule has 2 amide bonds. The van der Waals surface area contributed by atoms with Gasteiger partial charge in [-0.2, -0.15) is 0 Å². The Bertz CT molecular complexity index is 882. The van der Waals surface area contributed by atoms with E-state index in [1.165, 1.54) is 12.1 Å². The molecule has 0 saturated heterocycles. The third-order valence-electron chi connectivity index (χ3n) is 4.28. The van der Waals surface area contributed by atoms with Crippen LogP contribution < -0.4 is 15.5 Å². The number of carbonyl (C=O) groups excluding carboxylic acids is 1. The lowest BCUT2D eigenvalue weighted by Gasteiger charge is -2.20. The minimum Gasteiger partial charge on any atom is -0.378 e. The van der Waals surface area contributed by atoms with Crippen molar-refractivity contribution in [1.29, 1.82) is 0 Å². The van der Waals surface area contributed by atoms with Crippen molar-refractivity contribution < 1.29 is 17.6 Å². The number of benzene rings is 2. The van der Waals surface area contributed by atoms with Crippen molar-refractivity contribution in [3.8, 4) is 0 Å². The third-order valence-corrected chi connectivity index (χ3v) is 6.40. The maximum atomic E-state index is 13.2. The van der Waals surface area contributed by atoms with E-state index in [-0.39, 0.29) is 11.4 Å². The van der Waals surface area contributed by atoms with Gasteiger partial charge in [-0.05, 0) is 48.4 Å². The Hall–Kier alpha value is -2.61. The van der Waals surface area contributed by atoms with Crippen LogP contribution in [0.5, 0.6) is 0 Å². The summed E-state index contributed by atoms with van der Waals surface area (Å²) in [6.45, 7) is 2.32. The van der Waals surface area contributed by atoms with Crippen molar-refractivity contribution in [3.63, 3.8) is 0 Å². The molecule has 0 aliphatic heterocycles. The molecule has 2 rings (SSSR count). The maximum absolute atomic E-state index is 13.2. The molecule has 6 nitrogen and oxygen atoms in total. The van der Waals surface area contributed by atoms with Crippen LogP contribution in [-0.4, -0.2) is 41.6 Å². The molecule has 0 radical (unpaired) electrons. The normalized spacial score (nSPS) is 12.3. The highest BCUT2D eigenvalue weighted by Crippen LogP contribution is 2.30. The van der Waals surface area contributed by atoms with Gasteiger partial charge in [-0.25, -0.2) is 17.6 Å². The number of hydrogen-bond acceptors (Lipinski definition) is 4. The molecule has 0 unspecified atom stereocenters. The Labute approximate surface area is 165 Å². The molecule has 0 saturated carbocycles. The van der Waals surface area contributed by atoms with Crippen LogP contribution in [0.3, 0.4) is 0 Å². The molecular weight excluding hydrogens is 381 g/mol. The van der Waals surface area contributed by atoms with Crippen molar-refractivity contribution in [1.82, 2.24) is 10.6 Å². The average molecular weight is 408 g/mol. The first-order chi connectivity index (χ1) is 13.3. The number of carbonyl (C=O) groups is 1. The minimum absolute atomic E-state index is 0.00588. The van der Waals surface area contributed by atoms with Gasteiger partial charge in [0.05, 0.1) is 4.90 Å². The number of sulfone groups is 1. The van der Waals surface area contributed by atoms with Crippen LogP contribution in [0, 0.1) is 5.82 Å². The molecule has 28 heavy (non-hydrogen) atoms. The zero-order valence-electron chi connectivity index (χ0n) is 16.3. The van der Waals surface area contributed by atoms with Gasteiger partial charge in [-0.3, -0.25) is 0 Å². The van der Waals surface area contributed by atoms with E-state index >= 15 is 0 Å². The molecule has 2 N–H and O–H groups in total. The van der Waals surface area contributed by atoms with E-state index in [2.05, 4.69) is 10.6 Å². The van der Waals surface area contributed by atoms with Crippen LogP contribution in [-0.2, 0) is 9.84 Å². The lowest BCUT2D eigenvalue weighted by Crippen LogP contribution is -2.39. The SMILES string of the molecule is CCCNC(=O)NC[C@@H](c1ccc(N(C)C)cc1)S(=O)(=O)c1ccc(F)cc1. The van der Waals surface area contributed by atoms with Gasteiger partial charge in [-0.15, -0.1) is 0 Å². The van der Waals surface area contributed by atoms with E-state index in [4.69, 9.17) is 0 Å². The molecule has 0 aliphatic carbocycles. The zero-order valence-corrected chi connectivity index (χ0v) is 17.1. The number of amides is 2. The van der Waals surface area contributed by atoms with E-state index in [0.29, 0.717) is 12.1 Å². The van der Waals surface area contributed by atoms with Crippen molar-refractivity contribution >= 4 is 21.6 Å². The Balaban J connectivity index is 2.34. The number of anilines is 1. The molecule has 2 aromatic rings. The van der Waals surface area contributed by atoms with E-state index in [0.717, 1.165) is 24.2 Å². The summed E-state index contributed by atoms with van der Waals surface area (Å²) in [6, 6.07) is 11.4. The fourth-order valence-corrected chi connectivity index (χ4v) is 4.33. The largest absolute Gasteiger partial charge is 0.378 e. The topological polar surface area (TPSA) is 78.5 Å². The van der Waals surface area contributed by atoms with Gasteiger partial charge >= 0.3 is 6.03 Å². The second-order valence-electron chi connectivity index (χ2n) is 6.61. The Morgan fingerprint density at radius 3 is 2.18 bits per heavy atom. The van der Waals surface area contributed by atoms with Gasteiger partial charge in [0.2, 0.25) is 0 Å². The molecule has 0 fully saturated rings. The Morgan fingerprint density at radius 1 is 1.04 bits per heavy atom. The Morgan fingerprint density at radius 2 is 1.64 bits per heavy atom. The predicted octanol–water partition coefficient (Wildman–Crippen LogP) is 3.12. The molecule has 8 heteroatoms. The van der Waals surface area contributed by atoms with Crippen LogP contribution in [0.2, 0.25) is 0 Å². The van der Waals surface area contributed by atoms with Crippen LogP contribution in [0.1, 0.15) is 24.2 Å². The second kappa shape index (κ2) is 9.54. The van der Waals surface area contributed by atoms with Crippen molar-refractivity contribution in [2.45, 2.75) is 23.5 Å². The molecule has 0 aliphatic rings. The molecule has 0 aromatic heterocycles. The summed E-state index contributed by atoms with van der Waals surface area (Å²) >= 11 is 0. The summed E-state index contributed by atoms with van der Waals surface area (Å²) < 4.78 is 39.6. The highest BCUT2D eigenvalue weighted by atomic mass is 32.2. The number of hydrogen-bond donors (Lipinski definition) is 2. The summed E-state index contributed by atoms with van der Waals surface area (Å²) in [6.07, 6.45) is 0.775. The highest BCUT2D eigenvalue weighted by molar-refractivity contribution is 7.91. The molecular formula is C20H26FN3O3S. The summed E-state index contributed by atoms with van der Waals surface area (Å²) in [5.74, 6) is -0.511. The second-order valence-corrected chi connectivity index (χ2v) is 8.74. The summed E-state index contributed by atoms with van der Waals surface area (Å²) in [7, 11) is -0.0624. The molecule has 0 spiro atoms. The van der Waals surface area contributed by atoms with Crippen LogP contribution in [0.25, 0.3) is 0 Å². The standard InChI is InChI=1S/C20H26FN3O3S/c1-4-13-22-20(25)23-14-19(15-5-9-17(10-6-15)24(2)3)28(26,27)18-11-7-16(21)8-12-18/h5-12,19H,4,13-14H2,1-3H3,(H2,22,23,25)/t19-/m0/s1. The lowest BCUT2D eigenvalue weighted by molar-refractivity contribution is 0.241. The number of halogens is 1. The number of urea groups is 1. The molecule has 2 aromatic carbocycles. The van der Waals surface area contributed by atoms with Gasteiger partial charge in [0.1, 0.15) is 11.1 Å². The molecule has 0 heterocycles. The maximum Gasteiger partial charge on any atom is 0.314 e. The average Bonchev–Trinajstić information content (AvgIpc) is 2.67. The summed E-state index contributed by atoms with van der Waals surface area (Å²) in [4.78, 5) is 13.8. The van der Waals surface area contributed by atoms with Crippen LogP contribution >= 0.6 is 0 Å². The monoisotopic (exact) mass is 407 g/mol. The number of nitrogens with one attached hydrogen (secondary N) is 2. The van der Waals surface area contributed by atoms with Gasteiger partial charge in [-0.1, -0.05) is 19.1 Å². The van der Waals surface area contributed by atoms with Gasteiger partial charge in [0.15, 0.2) is 9.84 Å². The zero-order chi connectivity index (χ0) is 20.7. The fraction of sp³-hybridized carbons (Fsp3) is 0.350. The number of rotatable bonds is 8. The first kappa shape index (κ1) is 21.7. The van der Waals surface area contributed by atoms with Crippen molar-refractivity contribution in [3.05, 3.63) is 59.9 Å². The molecule has 0 bridgehead atoms. The number of nitrogens with zero attached hydrogens (tertiary/aromatic N) is 1. The molecule has 152 valence electrons. The van der Waals surface area contributed by atoms with Crippen LogP contribution in [0.15, 0.2) is 53.4 Å². The molecule has 1 atom stereocenters. The quantitative estimate of drug-likeness (QED) is 0.659.